The molecule has 1 amide bonds. The summed E-state index contributed by atoms with van der Waals surface area (Å²) in [6.45, 7) is 3.34. The van der Waals surface area contributed by atoms with Crippen LogP contribution in [0, 0.1) is 16.7 Å². The van der Waals surface area contributed by atoms with Gasteiger partial charge < -0.3 is 10.4 Å². The molecular formula is C16H16N4O3S. The lowest BCUT2D eigenvalue weighted by Crippen LogP contribution is -2.31. The molecule has 0 atom stereocenters. The van der Waals surface area contributed by atoms with Crippen LogP contribution < -0.4 is 5.32 Å². The average molecular weight is 344 g/mol. The third-order valence-electron chi connectivity index (χ3n) is 3.44. The molecule has 8 heteroatoms. The van der Waals surface area contributed by atoms with E-state index in [1.807, 2.05) is 0 Å². The van der Waals surface area contributed by atoms with Crippen molar-refractivity contribution in [1.82, 2.24) is 9.97 Å². The van der Waals surface area contributed by atoms with Crippen LogP contribution >= 0.6 is 11.3 Å². The first-order valence-corrected chi connectivity index (χ1v) is 8.01. The van der Waals surface area contributed by atoms with Crippen molar-refractivity contribution < 1.29 is 14.7 Å². The van der Waals surface area contributed by atoms with Crippen LogP contribution in [0.5, 0.6) is 0 Å². The molecule has 2 rings (SSSR count). The zero-order valence-corrected chi connectivity index (χ0v) is 14.1. The van der Waals surface area contributed by atoms with Crippen molar-refractivity contribution in [2.75, 3.05) is 5.32 Å². The quantitative estimate of drug-likeness (QED) is 0.832. The molecule has 2 aromatic heterocycles. The van der Waals surface area contributed by atoms with E-state index >= 15 is 0 Å². The number of rotatable bonds is 6. The Morgan fingerprint density at radius 2 is 2.17 bits per heavy atom. The van der Waals surface area contributed by atoms with Gasteiger partial charge in [0.2, 0.25) is 5.91 Å². The summed E-state index contributed by atoms with van der Waals surface area (Å²) >= 11 is 1.06. The van der Waals surface area contributed by atoms with Gasteiger partial charge in [-0.2, -0.15) is 5.26 Å². The van der Waals surface area contributed by atoms with E-state index in [2.05, 4.69) is 21.4 Å². The van der Waals surface area contributed by atoms with Gasteiger partial charge in [-0.15, -0.1) is 0 Å². The van der Waals surface area contributed by atoms with Crippen molar-refractivity contribution in [1.29, 1.82) is 5.26 Å². The maximum absolute atomic E-state index is 12.4. The third kappa shape index (κ3) is 4.14. The van der Waals surface area contributed by atoms with E-state index in [0.29, 0.717) is 21.4 Å². The molecule has 0 saturated carbocycles. The summed E-state index contributed by atoms with van der Waals surface area (Å²) in [4.78, 5) is 31.8. The van der Waals surface area contributed by atoms with Crippen molar-refractivity contribution in [3.05, 3.63) is 29.3 Å². The normalized spacial score (nSPS) is 10.9. The van der Waals surface area contributed by atoms with E-state index in [1.54, 1.807) is 38.2 Å². The molecule has 0 aliphatic rings. The number of hydrogen-bond donors (Lipinski definition) is 2. The Morgan fingerprint density at radius 1 is 1.42 bits per heavy atom. The van der Waals surface area contributed by atoms with E-state index in [1.165, 1.54) is 0 Å². The maximum Gasteiger partial charge on any atom is 0.303 e. The lowest BCUT2D eigenvalue weighted by atomic mass is 9.87. The summed E-state index contributed by atoms with van der Waals surface area (Å²) in [6.07, 6.45) is 1.71. The summed E-state index contributed by atoms with van der Waals surface area (Å²) in [7, 11) is 0. The molecule has 7 nitrogen and oxygen atoms in total. The third-order valence-corrected chi connectivity index (χ3v) is 4.31. The monoisotopic (exact) mass is 344 g/mol. The van der Waals surface area contributed by atoms with Crippen molar-refractivity contribution in [2.45, 2.75) is 26.7 Å². The number of aromatic nitrogens is 2. The minimum Gasteiger partial charge on any atom is -0.481 e. The van der Waals surface area contributed by atoms with Crippen molar-refractivity contribution in [2.24, 2.45) is 5.41 Å². The largest absolute Gasteiger partial charge is 0.481 e. The summed E-state index contributed by atoms with van der Waals surface area (Å²) < 4.78 is 0. The van der Waals surface area contributed by atoms with Crippen LogP contribution in [0.1, 0.15) is 31.6 Å². The number of carboxylic acids is 1. The molecule has 124 valence electrons. The molecule has 0 aliphatic carbocycles. The average Bonchev–Trinajstić information content (AvgIpc) is 2.96. The van der Waals surface area contributed by atoms with Crippen molar-refractivity contribution >= 4 is 28.3 Å². The highest BCUT2D eigenvalue weighted by atomic mass is 32.1. The van der Waals surface area contributed by atoms with Crippen LogP contribution in [0.2, 0.25) is 0 Å². The van der Waals surface area contributed by atoms with E-state index in [0.717, 1.165) is 11.3 Å². The molecule has 0 fully saturated rings. The molecule has 0 bridgehead atoms. The van der Waals surface area contributed by atoms with Crippen LogP contribution in [-0.4, -0.2) is 27.0 Å². The molecular weight excluding hydrogens is 328 g/mol. The number of nitriles is 1. The Balaban J connectivity index is 2.19. The highest BCUT2D eigenvalue weighted by Gasteiger charge is 2.29. The van der Waals surface area contributed by atoms with Gasteiger partial charge in [-0.05, 0) is 18.6 Å². The zero-order chi connectivity index (χ0) is 17.7. The van der Waals surface area contributed by atoms with E-state index in [-0.39, 0.29) is 18.7 Å². The van der Waals surface area contributed by atoms with Gasteiger partial charge in [0, 0.05) is 18.0 Å². The van der Waals surface area contributed by atoms with Gasteiger partial charge in [0.25, 0.3) is 0 Å². The Labute approximate surface area is 143 Å². The second kappa shape index (κ2) is 7.19. The summed E-state index contributed by atoms with van der Waals surface area (Å²) in [5, 5.41) is 21.0. The molecule has 24 heavy (non-hydrogen) atoms. The number of carbonyl (C=O) groups is 2. The lowest BCUT2D eigenvalue weighted by molar-refractivity contribution is -0.138. The molecule has 2 heterocycles. The fraction of sp³-hybridized carbons (Fsp3) is 0.312. The van der Waals surface area contributed by atoms with Gasteiger partial charge in [0.15, 0.2) is 5.13 Å². The number of nitrogens with one attached hydrogen (secondary N) is 1. The predicted octanol–water partition coefficient (Wildman–Crippen LogP) is 2.91. The number of carboxylic acid groups (broad SMARTS) is 1. The Morgan fingerprint density at radius 3 is 2.75 bits per heavy atom. The fourth-order valence-electron chi connectivity index (χ4n) is 1.93. The highest BCUT2D eigenvalue weighted by molar-refractivity contribution is 7.16. The molecule has 0 aliphatic heterocycles. The molecule has 0 unspecified atom stereocenters. The summed E-state index contributed by atoms with van der Waals surface area (Å²) in [5.41, 5.74) is 0.111. The minimum absolute atomic E-state index is 0.0963. The Kier molecular flexibility index (Phi) is 5.26. The molecule has 0 saturated heterocycles. The summed E-state index contributed by atoms with van der Waals surface area (Å²) in [6, 6.07) is 7.34. The predicted molar refractivity (Wildman–Crippen MR) is 89.3 cm³/mol. The number of hydrogen-bond acceptors (Lipinski definition) is 6. The van der Waals surface area contributed by atoms with Crippen LogP contribution in [0.3, 0.4) is 0 Å². The SMILES string of the molecule is CC(C)(CCC(=O)O)C(=O)Nc1nc(-c2ccccn2)c(C#N)s1. The van der Waals surface area contributed by atoms with Crippen LogP contribution in [-0.2, 0) is 9.59 Å². The number of pyridine rings is 1. The number of carbonyl (C=O) groups excluding carboxylic acids is 1. The smallest absolute Gasteiger partial charge is 0.303 e. The molecule has 0 radical (unpaired) electrons. The maximum atomic E-state index is 12.4. The number of nitrogens with zero attached hydrogens (tertiary/aromatic N) is 3. The fourth-order valence-corrected chi connectivity index (χ4v) is 2.69. The van der Waals surface area contributed by atoms with E-state index in [9.17, 15) is 14.9 Å². The number of aliphatic carboxylic acids is 1. The number of anilines is 1. The summed E-state index contributed by atoms with van der Waals surface area (Å²) in [5.74, 6) is -1.29. The first-order valence-electron chi connectivity index (χ1n) is 7.19. The van der Waals surface area contributed by atoms with Gasteiger partial charge in [0.05, 0.1) is 5.69 Å². The zero-order valence-electron chi connectivity index (χ0n) is 13.2. The Hall–Kier alpha value is -2.79. The molecule has 0 aromatic carbocycles. The standard InChI is InChI=1S/C16H16N4O3S/c1-16(2,7-6-12(21)22)14(23)20-15-19-13(11(9-17)24-15)10-5-3-4-8-18-10/h3-5,8H,6-7H2,1-2H3,(H,21,22)(H,19,20,23). The van der Waals surface area contributed by atoms with Crippen LogP contribution in [0.4, 0.5) is 5.13 Å². The molecule has 0 spiro atoms. The van der Waals surface area contributed by atoms with Gasteiger partial charge in [-0.1, -0.05) is 31.3 Å². The topological polar surface area (TPSA) is 116 Å². The van der Waals surface area contributed by atoms with Gasteiger partial charge in [-0.3, -0.25) is 14.6 Å². The number of amides is 1. The molecule has 2 aromatic rings. The van der Waals surface area contributed by atoms with Gasteiger partial charge in [0.1, 0.15) is 16.6 Å². The molecule has 2 N–H and O–H groups in total. The number of thiazole rings is 1. The van der Waals surface area contributed by atoms with Crippen LogP contribution in [0.25, 0.3) is 11.4 Å². The Bertz CT molecular complexity index is 793. The second-order valence-corrected chi connectivity index (χ2v) is 6.75. The second-order valence-electron chi connectivity index (χ2n) is 5.76. The van der Waals surface area contributed by atoms with Crippen molar-refractivity contribution in [3.8, 4) is 17.5 Å². The van der Waals surface area contributed by atoms with Crippen molar-refractivity contribution in [3.63, 3.8) is 0 Å². The minimum atomic E-state index is -0.950. The van der Waals surface area contributed by atoms with E-state index in [4.69, 9.17) is 5.11 Å². The first kappa shape index (κ1) is 17.6. The first-order chi connectivity index (χ1) is 11.3. The van der Waals surface area contributed by atoms with Crippen LogP contribution in [0.15, 0.2) is 24.4 Å². The highest BCUT2D eigenvalue weighted by Crippen LogP contribution is 2.31. The lowest BCUT2D eigenvalue weighted by Gasteiger charge is -2.21. The van der Waals surface area contributed by atoms with Gasteiger partial charge in [-0.25, -0.2) is 4.98 Å². The van der Waals surface area contributed by atoms with Gasteiger partial charge >= 0.3 is 5.97 Å². The van der Waals surface area contributed by atoms with E-state index < -0.39 is 11.4 Å².